The van der Waals surface area contributed by atoms with E-state index in [-0.39, 0.29) is 13.2 Å². The largest absolute Gasteiger partial charge is 0.465 e. The van der Waals surface area contributed by atoms with Crippen molar-refractivity contribution in [3.8, 4) is 5.69 Å². The SMILES string of the molecule is CCOC(=O)CNC(=O)NC(C)c1nnc(SCc2ccccc2C)n1-c1ccc(C)cc1. The number of hydrogen-bond donors (Lipinski definition) is 2. The summed E-state index contributed by atoms with van der Waals surface area (Å²) in [7, 11) is 0. The molecule has 0 aliphatic heterocycles. The van der Waals surface area contributed by atoms with Crippen LogP contribution in [0.1, 0.15) is 42.4 Å². The molecule has 0 saturated heterocycles. The topological polar surface area (TPSA) is 98.1 Å². The molecule has 0 radical (unpaired) electrons. The van der Waals surface area contributed by atoms with Crippen molar-refractivity contribution in [2.75, 3.05) is 13.2 Å². The van der Waals surface area contributed by atoms with Gasteiger partial charge in [0, 0.05) is 11.4 Å². The number of nitrogens with one attached hydrogen (secondary N) is 2. The van der Waals surface area contributed by atoms with Gasteiger partial charge in [0.1, 0.15) is 6.54 Å². The molecule has 0 spiro atoms. The molecule has 1 aromatic heterocycles. The number of benzene rings is 2. The fourth-order valence-corrected chi connectivity index (χ4v) is 4.22. The number of aromatic nitrogens is 3. The van der Waals surface area contributed by atoms with E-state index in [0.717, 1.165) is 22.2 Å². The van der Waals surface area contributed by atoms with Crippen molar-refractivity contribution in [2.24, 2.45) is 0 Å². The maximum absolute atomic E-state index is 12.3. The highest BCUT2D eigenvalue weighted by atomic mass is 32.2. The maximum Gasteiger partial charge on any atom is 0.325 e. The molecule has 8 nitrogen and oxygen atoms in total. The number of carbonyl (C=O) groups is 2. The molecule has 3 aromatic rings. The van der Waals surface area contributed by atoms with Gasteiger partial charge in [0.05, 0.1) is 12.6 Å². The minimum atomic E-state index is -0.488. The average molecular weight is 468 g/mol. The number of carbonyl (C=O) groups excluding carboxylic acids is 2. The van der Waals surface area contributed by atoms with E-state index < -0.39 is 18.0 Å². The molecule has 0 fully saturated rings. The van der Waals surface area contributed by atoms with Gasteiger partial charge >= 0.3 is 12.0 Å². The van der Waals surface area contributed by atoms with E-state index in [9.17, 15) is 9.59 Å². The lowest BCUT2D eigenvalue weighted by Gasteiger charge is -2.17. The van der Waals surface area contributed by atoms with Gasteiger partial charge in [-0.2, -0.15) is 0 Å². The van der Waals surface area contributed by atoms with Crippen LogP contribution >= 0.6 is 11.8 Å². The van der Waals surface area contributed by atoms with Crippen molar-refractivity contribution in [1.82, 2.24) is 25.4 Å². The van der Waals surface area contributed by atoms with Crippen molar-refractivity contribution in [2.45, 2.75) is 44.6 Å². The monoisotopic (exact) mass is 467 g/mol. The van der Waals surface area contributed by atoms with Crippen LogP contribution in [0.5, 0.6) is 0 Å². The zero-order valence-electron chi connectivity index (χ0n) is 19.3. The Balaban J connectivity index is 1.80. The predicted molar refractivity (Wildman–Crippen MR) is 128 cm³/mol. The molecule has 2 N–H and O–H groups in total. The quantitative estimate of drug-likeness (QED) is 0.363. The van der Waals surface area contributed by atoms with Gasteiger partial charge in [-0.1, -0.05) is 53.7 Å². The minimum Gasteiger partial charge on any atom is -0.465 e. The van der Waals surface area contributed by atoms with Crippen LogP contribution in [0.25, 0.3) is 5.69 Å². The zero-order valence-corrected chi connectivity index (χ0v) is 20.1. The van der Waals surface area contributed by atoms with Crippen molar-refractivity contribution in [3.63, 3.8) is 0 Å². The van der Waals surface area contributed by atoms with Crippen molar-refractivity contribution >= 4 is 23.8 Å². The smallest absolute Gasteiger partial charge is 0.325 e. The highest BCUT2D eigenvalue weighted by molar-refractivity contribution is 7.98. The first-order chi connectivity index (χ1) is 15.9. The molecule has 0 aliphatic carbocycles. The minimum absolute atomic E-state index is 0.200. The lowest BCUT2D eigenvalue weighted by atomic mass is 10.1. The Morgan fingerprint density at radius 1 is 1.09 bits per heavy atom. The van der Waals surface area contributed by atoms with E-state index in [0.29, 0.717) is 5.82 Å². The van der Waals surface area contributed by atoms with Crippen LogP contribution in [0, 0.1) is 13.8 Å². The number of urea groups is 1. The number of esters is 1. The molecule has 1 unspecified atom stereocenters. The van der Waals surface area contributed by atoms with E-state index >= 15 is 0 Å². The standard InChI is InChI=1S/C24H29N5O3S/c1-5-32-21(30)14-25-23(31)26-18(4)22-27-28-24(29(22)20-12-10-16(2)11-13-20)33-15-19-9-7-6-8-17(19)3/h6-13,18H,5,14-15H2,1-4H3,(H2,25,26,31). The molecule has 1 heterocycles. The van der Waals surface area contributed by atoms with Gasteiger partial charge in [0.15, 0.2) is 11.0 Å². The van der Waals surface area contributed by atoms with Gasteiger partial charge in [-0.25, -0.2) is 4.79 Å². The first-order valence-electron chi connectivity index (χ1n) is 10.8. The Kier molecular flexibility index (Phi) is 8.48. The average Bonchev–Trinajstić information content (AvgIpc) is 3.22. The summed E-state index contributed by atoms with van der Waals surface area (Å²) in [6.45, 7) is 7.73. The third-order valence-corrected chi connectivity index (χ3v) is 5.98. The number of amides is 2. The van der Waals surface area contributed by atoms with Crippen LogP contribution in [0.2, 0.25) is 0 Å². The van der Waals surface area contributed by atoms with E-state index in [1.54, 1.807) is 18.7 Å². The molecule has 1 atom stereocenters. The Bertz CT molecular complexity index is 1100. The van der Waals surface area contributed by atoms with E-state index in [2.05, 4.69) is 39.9 Å². The van der Waals surface area contributed by atoms with Crippen LogP contribution < -0.4 is 10.6 Å². The molecule has 174 valence electrons. The van der Waals surface area contributed by atoms with Gasteiger partial charge in [-0.15, -0.1) is 10.2 Å². The lowest BCUT2D eigenvalue weighted by Crippen LogP contribution is -2.40. The van der Waals surface area contributed by atoms with Crippen LogP contribution in [-0.4, -0.2) is 39.9 Å². The third-order valence-electron chi connectivity index (χ3n) is 5.00. The lowest BCUT2D eigenvalue weighted by molar-refractivity contribution is -0.141. The van der Waals surface area contributed by atoms with Crippen molar-refractivity contribution < 1.29 is 14.3 Å². The number of ether oxygens (including phenoxy) is 1. The fraction of sp³-hybridized carbons (Fsp3) is 0.333. The third kappa shape index (κ3) is 6.58. The Labute approximate surface area is 198 Å². The van der Waals surface area contributed by atoms with Gasteiger partial charge in [-0.3, -0.25) is 9.36 Å². The first kappa shape index (κ1) is 24.3. The Morgan fingerprint density at radius 3 is 2.52 bits per heavy atom. The molecular weight excluding hydrogens is 438 g/mol. The summed E-state index contributed by atoms with van der Waals surface area (Å²) < 4.78 is 6.79. The molecular formula is C24H29N5O3S. The first-order valence-corrected chi connectivity index (χ1v) is 11.8. The molecule has 3 rings (SSSR count). The van der Waals surface area contributed by atoms with Gasteiger partial charge < -0.3 is 15.4 Å². The van der Waals surface area contributed by atoms with Gasteiger partial charge in [-0.05, 0) is 51.0 Å². The van der Waals surface area contributed by atoms with Crippen molar-refractivity contribution in [3.05, 3.63) is 71.0 Å². The highest BCUT2D eigenvalue weighted by Crippen LogP contribution is 2.28. The molecule has 0 saturated carbocycles. The number of aryl methyl sites for hydroxylation is 2. The maximum atomic E-state index is 12.3. The second-order valence-electron chi connectivity index (χ2n) is 7.58. The van der Waals surface area contributed by atoms with Crippen LogP contribution in [0.15, 0.2) is 53.7 Å². The molecule has 9 heteroatoms. The zero-order chi connectivity index (χ0) is 23.8. The fourth-order valence-electron chi connectivity index (χ4n) is 3.18. The molecule has 0 aliphatic rings. The second-order valence-corrected chi connectivity index (χ2v) is 8.52. The van der Waals surface area contributed by atoms with Crippen molar-refractivity contribution in [1.29, 1.82) is 0 Å². The summed E-state index contributed by atoms with van der Waals surface area (Å²) >= 11 is 1.59. The summed E-state index contributed by atoms with van der Waals surface area (Å²) in [5, 5.41) is 14.9. The number of hydrogen-bond acceptors (Lipinski definition) is 6. The molecule has 0 bridgehead atoms. The van der Waals surface area contributed by atoms with E-state index in [4.69, 9.17) is 4.74 Å². The Morgan fingerprint density at radius 2 is 1.82 bits per heavy atom. The summed E-state index contributed by atoms with van der Waals surface area (Å²) in [6, 6.07) is 15.4. The predicted octanol–water partition coefficient (Wildman–Crippen LogP) is 4.10. The van der Waals surface area contributed by atoms with Gasteiger partial charge in [0.25, 0.3) is 0 Å². The normalized spacial score (nSPS) is 11.6. The summed E-state index contributed by atoms with van der Waals surface area (Å²) in [5.74, 6) is 0.855. The number of nitrogens with zero attached hydrogens (tertiary/aromatic N) is 3. The van der Waals surface area contributed by atoms with E-state index in [1.165, 1.54) is 11.1 Å². The molecule has 33 heavy (non-hydrogen) atoms. The number of thioether (sulfide) groups is 1. The van der Waals surface area contributed by atoms with Crippen LogP contribution in [-0.2, 0) is 15.3 Å². The van der Waals surface area contributed by atoms with Gasteiger partial charge in [0.2, 0.25) is 0 Å². The highest BCUT2D eigenvalue weighted by Gasteiger charge is 2.21. The van der Waals surface area contributed by atoms with Crippen LogP contribution in [0.4, 0.5) is 4.79 Å². The van der Waals surface area contributed by atoms with Crippen LogP contribution in [0.3, 0.4) is 0 Å². The van der Waals surface area contributed by atoms with E-state index in [1.807, 2.05) is 54.8 Å². The number of rotatable bonds is 9. The summed E-state index contributed by atoms with van der Waals surface area (Å²) in [6.07, 6.45) is 0. The molecule has 2 amide bonds. The second kappa shape index (κ2) is 11.5. The summed E-state index contributed by atoms with van der Waals surface area (Å²) in [4.78, 5) is 23.8. The Hall–Kier alpha value is -3.33. The molecule has 2 aromatic carbocycles. The summed E-state index contributed by atoms with van der Waals surface area (Å²) in [5.41, 5.74) is 4.51.